The maximum Gasteiger partial charge on any atom is 0.145 e. The molecule has 0 saturated carbocycles. The van der Waals surface area contributed by atoms with Crippen molar-refractivity contribution in [2.24, 2.45) is 5.73 Å². The van der Waals surface area contributed by atoms with Gasteiger partial charge in [0.2, 0.25) is 0 Å². The normalized spacial score (nSPS) is 12.8. The third kappa shape index (κ3) is 5.12. The molecule has 0 amide bonds. The highest BCUT2D eigenvalue weighted by Gasteiger charge is 2.21. The van der Waals surface area contributed by atoms with Gasteiger partial charge in [0.15, 0.2) is 0 Å². The van der Waals surface area contributed by atoms with Crippen LogP contribution < -0.4 is 5.73 Å². The lowest BCUT2D eigenvalue weighted by Gasteiger charge is -2.22. The molecular formula is C16H25ClFN. The van der Waals surface area contributed by atoms with Gasteiger partial charge in [-0.15, -0.1) is 0 Å². The average molecular weight is 286 g/mol. The summed E-state index contributed by atoms with van der Waals surface area (Å²) in [4.78, 5) is 0. The fraction of sp³-hybridized carbons (Fsp3) is 0.625. The SMILES string of the molecule is CC(C)(N)CCCc1cc(Cl)c(F)c(C(C)(C)C)c1. The van der Waals surface area contributed by atoms with Crippen molar-refractivity contribution in [3.8, 4) is 0 Å². The second kappa shape index (κ2) is 5.80. The van der Waals surface area contributed by atoms with Crippen LogP contribution in [0.4, 0.5) is 4.39 Å². The van der Waals surface area contributed by atoms with E-state index >= 15 is 0 Å². The zero-order valence-electron chi connectivity index (χ0n) is 12.6. The van der Waals surface area contributed by atoms with Gasteiger partial charge in [-0.3, -0.25) is 0 Å². The van der Waals surface area contributed by atoms with E-state index in [-0.39, 0.29) is 21.8 Å². The maximum atomic E-state index is 14.0. The Balaban J connectivity index is 2.89. The van der Waals surface area contributed by atoms with Gasteiger partial charge in [0, 0.05) is 5.54 Å². The highest BCUT2D eigenvalue weighted by molar-refractivity contribution is 6.30. The molecule has 1 aromatic rings. The number of aryl methyl sites for hydroxylation is 1. The molecule has 0 heterocycles. The van der Waals surface area contributed by atoms with Crippen molar-refractivity contribution in [3.05, 3.63) is 34.1 Å². The van der Waals surface area contributed by atoms with Gasteiger partial charge >= 0.3 is 0 Å². The van der Waals surface area contributed by atoms with Gasteiger partial charge in [-0.05, 0) is 55.7 Å². The molecule has 2 N–H and O–H groups in total. The number of hydrogen-bond acceptors (Lipinski definition) is 1. The van der Waals surface area contributed by atoms with Crippen molar-refractivity contribution in [1.82, 2.24) is 0 Å². The van der Waals surface area contributed by atoms with E-state index in [4.69, 9.17) is 17.3 Å². The molecule has 0 radical (unpaired) electrons. The fourth-order valence-electron chi connectivity index (χ4n) is 2.08. The van der Waals surface area contributed by atoms with E-state index in [1.54, 1.807) is 6.07 Å². The summed E-state index contributed by atoms with van der Waals surface area (Å²) in [5, 5.41) is 0.217. The molecule has 0 aliphatic heterocycles. The summed E-state index contributed by atoms with van der Waals surface area (Å²) in [5.41, 5.74) is 7.34. The van der Waals surface area contributed by atoms with Gasteiger partial charge in [-0.1, -0.05) is 38.4 Å². The van der Waals surface area contributed by atoms with Crippen LogP contribution in [0, 0.1) is 5.82 Å². The summed E-state index contributed by atoms with van der Waals surface area (Å²) in [6, 6.07) is 3.67. The lowest BCUT2D eigenvalue weighted by atomic mass is 9.85. The quantitative estimate of drug-likeness (QED) is 0.842. The summed E-state index contributed by atoms with van der Waals surface area (Å²) < 4.78 is 14.0. The van der Waals surface area contributed by atoms with E-state index in [1.807, 2.05) is 40.7 Å². The van der Waals surface area contributed by atoms with E-state index in [1.165, 1.54) is 0 Å². The predicted octanol–water partition coefficient (Wildman–Crippen LogP) is 4.84. The highest BCUT2D eigenvalue weighted by Crippen LogP contribution is 2.31. The molecule has 1 nitrogen and oxygen atoms in total. The zero-order valence-corrected chi connectivity index (χ0v) is 13.4. The monoisotopic (exact) mass is 285 g/mol. The molecular weight excluding hydrogens is 261 g/mol. The minimum absolute atomic E-state index is 0.156. The number of rotatable bonds is 4. The van der Waals surface area contributed by atoms with Crippen LogP contribution in [0.25, 0.3) is 0 Å². The van der Waals surface area contributed by atoms with Gasteiger partial charge in [0.1, 0.15) is 5.82 Å². The highest BCUT2D eigenvalue weighted by atomic mass is 35.5. The molecule has 108 valence electrons. The van der Waals surface area contributed by atoms with Crippen molar-refractivity contribution >= 4 is 11.6 Å². The third-order valence-corrected chi connectivity index (χ3v) is 3.46. The number of benzene rings is 1. The Morgan fingerprint density at radius 1 is 1.16 bits per heavy atom. The molecule has 0 aromatic heterocycles. The van der Waals surface area contributed by atoms with Gasteiger partial charge in [0.25, 0.3) is 0 Å². The fourth-order valence-corrected chi connectivity index (χ4v) is 2.33. The molecule has 0 spiro atoms. The number of hydrogen-bond donors (Lipinski definition) is 1. The summed E-state index contributed by atoms with van der Waals surface area (Å²) in [5.74, 6) is -0.294. The molecule has 3 heteroatoms. The molecule has 19 heavy (non-hydrogen) atoms. The van der Waals surface area contributed by atoms with Crippen molar-refractivity contribution in [1.29, 1.82) is 0 Å². The first kappa shape index (κ1) is 16.5. The van der Waals surface area contributed by atoms with Gasteiger partial charge in [-0.25, -0.2) is 4.39 Å². The zero-order chi connectivity index (χ0) is 14.8. The third-order valence-electron chi connectivity index (χ3n) is 3.18. The first-order chi connectivity index (χ1) is 8.50. The van der Waals surface area contributed by atoms with E-state index in [0.717, 1.165) is 24.8 Å². The largest absolute Gasteiger partial charge is 0.326 e. The van der Waals surface area contributed by atoms with Crippen LogP contribution in [-0.4, -0.2) is 5.54 Å². The maximum absolute atomic E-state index is 14.0. The van der Waals surface area contributed by atoms with Crippen molar-refractivity contribution in [2.45, 2.75) is 64.8 Å². The number of nitrogens with two attached hydrogens (primary N) is 1. The van der Waals surface area contributed by atoms with Crippen LogP contribution >= 0.6 is 11.6 Å². The summed E-state index contributed by atoms with van der Waals surface area (Å²) >= 11 is 5.99. The molecule has 0 fully saturated rings. The van der Waals surface area contributed by atoms with Crippen LogP contribution in [0.15, 0.2) is 12.1 Å². The standard InChI is InChI=1S/C16H25ClFN/c1-15(2,3)12-9-11(10-13(17)14(12)18)7-6-8-16(4,5)19/h9-10H,6-8,19H2,1-5H3. The van der Waals surface area contributed by atoms with E-state index in [0.29, 0.717) is 5.56 Å². The van der Waals surface area contributed by atoms with Crippen molar-refractivity contribution in [3.63, 3.8) is 0 Å². The van der Waals surface area contributed by atoms with Crippen LogP contribution in [0.5, 0.6) is 0 Å². The Morgan fingerprint density at radius 2 is 1.74 bits per heavy atom. The molecule has 0 saturated heterocycles. The number of halogens is 2. The van der Waals surface area contributed by atoms with Gasteiger partial charge in [-0.2, -0.15) is 0 Å². The molecule has 1 rings (SSSR count). The molecule has 1 aromatic carbocycles. The van der Waals surface area contributed by atoms with Crippen LogP contribution in [0.2, 0.25) is 5.02 Å². The lowest BCUT2D eigenvalue weighted by molar-refractivity contribution is 0.458. The van der Waals surface area contributed by atoms with Crippen LogP contribution in [-0.2, 0) is 11.8 Å². The molecule has 0 aliphatic rings. The summed E-state index contributed by atoms with van der Waals surface area (Å²) in [7, 11) is 0. The van der Waals surface area contributed by atoms with E-state index in [9.17, 15) is 4.39 Å². The Hall–Kier alpha value is -0.600. The molecule has 0 unspecified atom stereocenters. The van der Waals surface area contributed by atoms with E-state index < -0.39 is 0 Å². The average Bonchev–Trinajstić information content (AvgIpc) is 2.19. The lowest BCUT2D eigenvalue weighted by Crippen LogP contribution is -2.31. The van der Waals surface area contributed by atoms with Gasteiger partial charge in [0.05, 0.1) is 5.02 Å². The topological polar surface area (TPSA) is 26.0 Å². The van der Waals surface area contributed by atoms with Crippen molar-refractivity contribution < 1.29 is 4.39 Å². The molecule has 0 atom stereocenters. The van der Waals surface area contributed by atoms with Crippen LogP contribution in [0.3, 0.4) is 0 Å². The minimum atomic E-state index is -0.294. The summed E-state index contributed by atoms with van der Waals surface area (Å²) in [6.07, 6.45) is 2.80. The summed E-state index contributed by atoms with van der Waals surface area (Å²) in [6.45, 7) is 10.0. The van der Waals surface area contributed by atoms with E-state index in [2.05, 4.69) is 0 Å². The minimum Gasteiger partial charge on any atom is -0.326 e. The molecule has 0 bridgehead atoms. The second-order valence-corrected chi connectivity index (χ2v) is 7.44. The Kier molecular flexibility index (Phi) is 5.02. The first-order valence-corrected chi connectivity index (χ1v) is 7.16. The first-order valence-electron chi connectivity index (χ1n) is 6.78. The second-order valence-electron chi connectivity index (χ2n) is 7.03. The Morgan fingerprint density at radius 3 is 2.21 bits per heavy atom. The molecule has 0 aliphatic carbocycles. The Labute approximate surface area is 121 Å². The predicted molar refractivity (Wildman–Crippen MR) is 81.3 cm³/mol. The van der Waals surface area contributed by atoms with Gasteiger partial charge < -0.3 is 5.73 Å². The van der Waals surface area contributed by atoms with Crippen molar-refractivity contribution in [2.75, 3.05) is 0 Å². The Bertz CT molecular complexity index is 441. The van der Waals surface area contributed by atoms with Crippen LogP contribution in [0.1, 0.15) is 58.6 Å². The smallest absolute Gasteiger partial charge is 0.145 e.